The Balaban J connectivity index is 0.000000172. The number of benzene rings is 5. The quantitative estimate of drug-likeness (QED) is 0.130. The molecular formula is C45H31F5N2O8. The molecule has 0 aliphatic carbocycles. The van der Waals surface area contributed by atoms with Crippen LogP contribution in [-0.2, 0) is 6.54 Å². The third kappa shape index (κ3) is 7.33. The summed E-state index contributed by atoms with van der Waals surface area (Å²) in [5.74, 6) is -2.45. The second-order valence-corrected chi connectivity index (χ2v) is 14.4. The number of halogens is 5. The van der Waals surface area contributed by atoms with E-state index in [0.717, 1.165) is 34.4 Å². The van der Waals surface area contributed by atoms with Crippen LogP contribution in [0.25, 0.3) is 21.8 Å². The minimum Gasteiger partial charge on any atom is -0.395 e. The Morgan fingerprint density at radius 3 is 1.68 bits per heavy atom. The van der Waals surface area contributed by atoms with Crippen molar-refractivity contribution >= 4 is 33.4 Å². The minimum absolute atomic E-state index is 0.0222. The third-order valence-electron chi connectivity index (χ3n) is 10.3. The largest absolute Gasteiger partial charge is 0.586 e. The molecule has 0 fully saturated rings. The van der Waals surface area contributed by atoms with E-state index >= 15 is 0 Å². The van der Waals surface area contributed by atoms with Crippen LogP contribution in [0.3, 0.4) is 0 Å². The third-order valence-corrected chi connectivity index (χ3v) is 10.3. The van der Waals surface area contributed by atoms with Gasteiger partial charge in [0.1, 0.15) is 5.82 Å². The molecule has 0 amide bonds. The van der Waals surface area contributed by atoms with Crippen molar-refractivity contribution < 1.29 is 50.5 Å². The number of ketones is 2. The number of aromatic amines is 1. The summed E-state index contributed by atoms with van der Waals surface area (Å²) in [6.45, 7) is 7.50. The van der Waals surface area contributed by atoms with Gasteiger partial charge in [-0.1, -0.05) is 42.5 Å². The van der Waals surface area contributed by atoms with Crippen LogP contribution in [0.4, 0.5) is 22.0 Å². The van der Waals surface area contributed by atoms with Gasteiger partial charge in [-0.25, -0.2) is 4.39 Å². The molecule has 0 unspecified atom stereocenters. The van der Waals surface area contributed by atoms with Crippen molar-refractivity contribution in [2.75, 3.05) is 0 Å². The average Bonchev–Trinajstić information content (AvgIpc) is 3.68. The molecule has 10 nitrogen and oxygen atoms in total. The SMILES string of the molecule is Cc1ccc(C(=O)c2c[nH]c3cc4c(cc3c2=O)OC(F)(F)O4)cc1C.Cc1ccc(C(=O)c2cn(Cc3ccccc3F)c3cc4c(cc3c2=O)OC(F)(F)O4)cc1C. The number of aromatic nitrogens is 2. The second-order valence-electron chi connectivity index (χ2n) is 14.4. The first-order chi connectivity index (χ1) is 28.4. The summed E-state index contributed by atoms with van der Waals surface area (Å²) < 4.78 is 87.4. The number of rotatable bonds is 6. The van der Waals surface area contributed by atoms with E-state index in [0.29, 0.717) is 16.7 Å². The maximum absolute atomic E-state index is 14.4. The lowest BCUT2D eigenvalue weighted by Gasteiger charge is -2.15. The van der Waals surface area contributed by atoms with Gasteiger partial charge in [0.2, 0.25) is 10.9 Å². The van der Waals surface area contributed by atoms with Gasteiger partial charge in [-0.15, -0.1) is 17.6 Å². The molecule has 2 aliphatic heterocycles. The molecule has 304 valence electrons. The number of H-pyrrole nitrogens is 1. The molecule has 2 aliphatic rings. The molecule has 5 aromatic carbocycles. The number of hydrogen-bond acceptors (Lipinski definition) is 8. The number of carbonyl (C=O) groups is 2. The number of fused-ring (bicyclic) bond motifs is 4. The molecule has 0 bridgehead atoms. The molecule has 0 radical (unpaired) electrons. The molecule has 0 saturated heterocycles. The zero-order chi connectivity index (χ0) is 42.8. The van der Waals surface area contributed by atoms with E-state index in [4.69, 9.17) is 0 Å². The van der Waals surface area contributed by atoms with Crippen LogP contribution in [0.15, 0.2) is 107 Å². The first-order valence-corrected chi connectivity index (χ1v) is 18.3. The van der Waals surface area contributed by atoms with Gasteiger partial charge in [0, 0.05) is 41.2 Å². The molecule has 4 heterocycles. The molecule has 9 rings (SSSR count). The Labute approximate surface area is 336 Å². The number of hydrogen-bond donors (Lipinski definition) is 1. The predicted octanol–water partition coefficient (Wildman–Crippen LogP) is 9.06. The first-order valence-electron chi connectivity index (χ1n) is 18.3. The fraction of sp³-hybridized carbons (Fsp3) is 0.156. The van der Waals surface area contributed by atoms with Gasteiger partial charge < -0.3 is 28.5 Å². The van der Waals surface area contributed by atoms with Gasteiger partial charge >= 0.3 is 12.6 Å². The van der Waals surface area contributed by atoms with Crippen LogP contribution in [0.5, 0.6) is 23.0 Å². The summed E-state index contributed by atoms with van der Waals surface area (Å²) in [5.41, 5.74) is 3.81. The predicted molar refractivity (Wildman–Crippen MR) is 209 cm³/mol. The summed E-state index contributed by atoms with van der Waals surface area (Å²) in [7, 11) is 0. The highest BCUT2D eigenvalue weighted by atomic mass is 19.3. The van der Waals surface area contributed by atoms with E-state index in [2.05, 4.69) is 23.9 Å². The van der Waals surface area contributed by atoms with E-state index in [1.807, 2.05) is 27.7 Å². The van der Waals surface area contributed by atoms with Crippen molar-refractivity contribution in [3.05, 3.63) is 174 Å². The van der Waals surface area contributed by atoms with Gasteiger partial charge in [-0.3, -0.25) is 19.2 Å². The lowest BCUT2D eigenvalue weighted by molar-refractivity contribution is -0.287. The molecule has 15 heteroatoms. The number of nitrogens with zero attached hydrogens (tertiary/aromatic N) is 1. The second kappa shape index (κ2) is 14.5. The normalized spacial score (nSPS) is 14.2. The number of aryl methyl sites for hydroxylation is 4. The highest BCUT2D eigenvalue weighted by Gasteiger charge is 2.45. The van der Waals surface area contributed by atoms with E-state index in [1.54, 1.807) is 48.5 Å². The van der Waals surface area contributed by atoms with Crippen LogP contribution >= 0.6 is 0 Å². The fourth-order valence-electron chi connectivity index (χ4n) is 6.85. The van der Waals surface area contributed by atoms with Crippen molar-refractivity contribution in [1.29, 1.82) is 0 Å². The van der Waals surface area contributed by atoms with Crippen LogP contribution < -0.4 is 29.8 Å². The molecule has 0 atom stereocenters. The zero-order valence-corrected chi connectivity index (χ0v) is 32.0. The fourth-order valence-corrected chi connectivity index (χ4v) is 6.85. The Kier molecular flexibility index (Phi) is 9.56. The summed E-state index contributed by atoms with van der Waals surface area (Å²) >= 11 is 0. The number of pyridine rings is 2. The Bertz CT molecular complexity index is 3080. The van der Waals surface area contributed by atoms with Crippen molar-refractivity contribution in [3.8, 4) is 23.0 Å². The first kappa shape index (κ1) is 39.5. The molecule has 0 spiro atoms. The topological polar surface area (TPSA) is 126 Å². The maximum Gasteiger partial charge on any atom is 0.586 e. The Hall–Kier alpha value is -7.29. The number of carbonyl (C=O) groups excluding carboxylic acids is 2. The molecule has 1 N–H and O–H groups in total. The summed E-state index contributed by atoms with van der Waals surface area (Å²) in [6, 6.07) is 21.0. The maximum atomic E-state index is 14.4. The Morgan fingerprint density at radius 1 is 0.617 bits per heavy atom. The van der Waals surface area contributed by atoms with Crippen LogP contribution in [-0.4, -0.2) is 33.7 Å². The van der Waals surface area contributed by atoms with Crippen molar-refractivity contribution in [2.45, 2.75) is 46.8 Å². The van der Waals surface area contributed by atoms with Crippen LogP contribution in [0.2, 0.25) is 0 Å². The van der Waals surface area contributed by atoms with Gasteiger partial charge in [0.25, 0.3) is 0 Å². The molecule has 0 saturated carbocycles. The van der Waals surface area contributed by atoms with E-state index in [9.17, 15) is 41.1 Å². The highest BCUT2D eigenvalue weighted by Crippen LogP contribution is 2.44. The molecular weight excluding hydrogens is 791 g/mol. The molecule has 60 heavy (non-hydrogen) atoms. The number of ether oxygens (including phenoxy) is 4. The minimum atomic E-state index is -3.88. The van der Waals surface area contributed by atoms with Crippen molar-refractivity contribution in [2.24, 2.45) is 0 Å². The van der Waals surface area contributed by atoms with Crippen molar-refractivity contribution in [1.82, 2.24) is 9.55 Å². The van der Waals surface area contributed by atoms with Gasteiger partial charge in [0.05, 0.1) is 39.5 Å². The van der Waals surface area contributed by atoms with Crippen LogP contribution in [0.1, 0.15) is 59.7 Å². The number of alkyl halides is 4. The molecule has 2 aromatic heterocycles. The summed E-state index contributed by atoms with van der Waals surface area (Å²) in [6.07, 6.45) is -5.05. The summed E-state index contributed by atoms with van der Waals surface area (Å²) in [5, 5.41) is 0.0470. The van der Waals surface area contributed by atoms with Gasteiger partial charge in [-0.2, -0.15) is 0 Å². The summed E-state index contributed by atoms with van der Waals surface area (Å²) in [4.78, 5) is 54.9. The van der Waals surface area contributed by atoms with Gasteiger partial charge in [-0.05, 0) is 80.3 Å². The monoisotopic (exact) mass is 822 g/mol. The standard InChI is InChI=1S/C26H18F3NO4.C19H13F2NO4/c1-14-7-8-16(9-15(14)2)24(31)19-13-30(12-17-5-3-4-6-20(17)27)21-11-23-22(10-18(21)25(19)32)33-26(28,29)34-23;1-9-3-4-11(5-10(9)2)17(23)13-8-22-14-7-16-15(6-12(14)18(13)24)25-19(20,21)26-16/h3-11,13H,12H2,1-2H3;3-8H,1-2H3,(H,22,24). The number of nitrogens with one attached hydrogen (secondary N) is 1. The molecule has 7 aromatic rings. The Morgan fingerprint density at radius 2 is 1.12 bits per heavy atom. The van der Waals surface area contributed by atoms with E-state index in [1.165, 1.54) is 41.2 Å². The lowest BCUT2D eigenvalue weighted by atomic mass is 9.98. The van der Waals surface area contributed by atoms with Gasteiger partial charge in [0.15, 0.2) is 34.6 Å². The smallest absolute Gasteiger partial charge is 0.395 e. The zero-order valence-electron chi connectivity index (χ0n) is 32.0. The van der Waals surface area contributed by atoms with E-state index in [-0.39, 0.29) is 62.5 Å². The highest BCUT2D eigenvalue weighted by molar-refractivity contribution is 6.11. The lowest BCUT2D eigenvalue weighted by Crippen LogP contribution is -2.25. The van der Waals surface area contributed by atoms with Crippen LogP contribution in [0, 0.1) is 33.5 Å². The van der Waals surface area contributed by atoms with Crippen molar-refractivity contribution in [3.63, 3.8) is 0 Å². The average molecular weight is 823 g/mol. The van der Waals surface area contributed by atoms with E-state index < -0.39 is 40.8 Å².